The van der Waals surface area contributed by atoms with E-state index in [1.165, 1.54) is 11.1 Å². The van der Waals surface area contributed by atoms with Gasteiger partial charge in [0.2, 0.25) is 0 Å². The third-order valence-corrected chi connectivity index (χ3v) is 3.57. The van der Waals surface area contributed by atoms with E-state index in [1.807, 2.05) is 12.1 Å². The maximum Gasteiger partial charge on any atom is 0.155 e. The Morgan fingerprint density at radius 2 is 1.50 bits per heavy atom. The number of nitrogens with zero attached hydrogens (tertiary/aromatic N) is 1. The van der Waals surface area contributed by atoms with Crippen LogP contribution < -0.4 is 0 Å². The molecule has 0 bridgehead atoms. The Balaban J connectivity index is 2.09. The van der Waals surface area contributed by atoms with Gasteiger partial charge in [0.25, 0.3) is 0 Å². The van der Waals surface area contributed by atoms with Crippen molar-refractivity contribution in [3.8, 4) is 0 Å². The number of benzene rings is 2. The lowest BCUT2D eigenvalue weighted by Crippen LogP contribution is -2.29. The fourth-order valence-corrected chi connectivity index (χ4v) is 2.53. The minimum absolute atomic E-state index is 0.0605. The largest absolute Gasteiger partial charge is 0.372 e. The predicted octanol–water partition coefficient (Wildman–Crippen LogP) is 3.31. The highest BCUT2D eigenvalue weighted by atomic mass is 16.5. The van der Waals surface area contributed by atoms with E-state index in [1.54, 1.807) is 6.92 Å². The first-order chi connectivity index (χ1) is 10.7. The minimum atomic E-state index is 0.0605. The van der Waals surface area contributed by atoms with E-state index in [0.717, 1.165) is 6.54 Å². The Morgan fingerprint density at radius 1 is 1.00 bits per heavy atom. The van der Waals surface area contributed by atoms with Crippen molar-refractivity contribution in [1.29, 1.82) is 0 Å². The zero-order chi connectivity index (χ0) is 15.8. The highest BCUT2D eigenvalue weighted by Gasteiger charge is 2.18. The summed E-state index contributed by atoms with van der Waals surface area (Å²) in [7, 11) is 2.09. The van der Waals surface area contributed by atoms with Crippen molar-refractivity contribution in [3.63, 3.8) is 0 Å². The molecule has 22 heavy (non-hydrogen) atoms. The van der Waals surface area contributed by atoms with Crippen LogP contribution in [0.5, 0.6) is 0 Å². The standard InChI is InChI=1S/C19H23NO2/c1-16(21)15-22-14-13-20(2)19(17-9-5-3-6-10-17)18-11-7-4-8-12-18/h3-12,19H,13-15H2,1-2H3. The van der Waals surface area contributed by atoms with Gasteiger partial charge < -0.3 is 4.74 Å². The summed E-state index contributed by atoms with van der Waals surface area (Å²) >= 11 is 0. The molecule has 0 saturated heterocycles. The summed E-state index contributed by atoms with van der Waals surface area (Å²) in [6.45, 7) is 3.05. The highest BCUT2D eigenvalue weighted by molar-refractivity contribution is 5.76. The Labute approximate surface area is 132 Å². The lowest BCUT2D eigenvalue weighted by molar-refractivity contribution is -0.121. The summed E-state index contributed by atoms with van der Waals surface area (Å²) < 4.78 is 5.40. The molecule has 0 aliphatic heterocycles. The summed E-state index contributed by atoms with van der Waals surface area (Å²) in [5, 5.41) is 0. The maximum atomic E-state index is 10.9. The molecule has 0 radical (unpaired) electrons. The molecule has 2 aromatic rings. The Hall–Kier alpha value is -1.97. The van der Waals surface area contributed by atoms with Crippen molar-refractivity contribution >= 4 is 5.78 Å². The lowest BCUT2D eigenvalue weighted by Gasteiger charge is -2.29. The molecular weight excluding hydrogens is 274 g/mol. The molecule has 3 nitrogen and oxygen atoms in total. The molecule has 0 atom stereocenters. The molecule has 0 aliphatic rings. The van der Waals surface area contributed by atoms with E-state index in [-0.39, 0.29) is 18.4 Å². The molecule has 3 heteroatoms. The summed E-state index contributed by atoms with van der Waals surface area (Å²) in [6, 6.07) is 21.1. The summed E-state index contributed by atoms with van der Waals surface area (Å²) in [5.41, 5.74) is 2.51. The quantitative estimate of drug-likeness (QED) is 0.700. The number of carbonyl (C=O) groups excluding carboxylic acids is 1. The molecule has 2 aromatic carbocycles. The van der Waals surface area contributed by atoms with Gasteiger partial charge >= 0.3 is 0 Å². The molecule has 0 aromatic heterocycles. The van der Waals surface area contributed by atoms with Crippen molar-refractivity contribution in [3.05, 3.63) is 71.8 Å². The monoisotopic (exact) mass is 297 g/mol. The average Bonchev–Trinajstić information content (AvgIpc) is 2.54. The summed E-state index contributed by atoms with van der Waals surface area (Å²) in [4.78, 5) is 13.2. The number of carbonyl (C=O) groups is 1. The van der Waals surface area contributed by atoms with Gasteiger partial charge in [0.05, 0.1) is 12.6 Å². The first kappa shape index (κ1) is 16.4. The smallest absolute Gasteiger partial charge is 0.155 e. The Kier molecular flexibility index (Phi) is 6.31. The maximum absolute atomic E-state index is 10.9. The number of hydrogen-bond donors (Lipinski definition) is 0. The van der Waals surface area contributed by atoms with Gasteiger partial charge in [-0.05, 0) is 25.1 Å². The number of rotatable bonds is 8. The number of ketones is 1. The fourth-order valence-electron chi connectivity index (χ4n) is 2.53. The van der Waals surface area contributed by atoms with Gasteiger partial charge in [0.15, 0.2) is 5.78 Å². The molecule has 0 saturated carbocycles. The first-order valence-electron chi connectivity index (χ1n) is 7.56. The van der Waals surface area contributed by atoms with E-state index < -0.39 is 0 Å². The average molecular weight is 297 g/mol. The van der Waals surface area contributed by atoms with Crippen LogP contribution in [0.3, 0.4) is 0 Å². The van der Waals surface area contributed by atoms with Crippen molar-refractivity contribution < 1.29 is 9.53 Å². The van der Waals surface area contributed by atoms with Gasteiger partial charge in [-0.25, -0.2) is 0 Å². The summed E-state index contributed by atoms with van der Waals surface area (Å²) in [6.07, 6.45) is 0. The van der Waals surface area contributed by atoms with Crippen LogP contribution in [0.25, 0.3) is 0 Å². The molecule has 0 aliphatic carbocycles. The van der Waals surface area contributed by atoms with Crippen molar-refractivity contribution in [2.45, 2.75) is 13.0 Å². The molecule has 2 rings (SSSR count). The van der Waals surface area contributed by atoms with Crippen LogP contribution >= 0.6 is 0 Å². The van der Waals surface area contributed by atoms with Crippen LogP contribution in [0.15, 0.2) is 60.7 Å². The van der Waals surface area contributed by atoms with Crippen LogP contribution in [-0.2, 0) is 9.53 Å². The molecule has 0 fully saturated rings. The van der Waals surface area contributed by atoms with E-state index >= 15 is 0 Å². The number of hydrogen-bond acceptors (Lipinski definition) is 3. The molecule has 0 unspecified atom stereocenters. The lowest BCUT2D eigenvalue weighted by atomic mass is 9.97. The van der Waals surface area contributed by atoms with Crippen LogP contribution in [0.1, 0.15) is 24.1 Å². The number of likely N-dealkylation sites (N-methyl/N-ethyl adjacent to an activating group) is 1. The third kappa shape index (κ3) is 4.79. The van der Waals surface area contributed by atoms with Gasteiger partial charge in [0.1, 0.15) is 6.61 Å². The zero-order valence-electron chi connectivity index (χ0n) is 13.2. The van der Waals surface area contributed by atoms with Gasteiger partial charge in [-0.1, -0.05) is 60.7 Å². The Morgan fingerprint density at radius 3 is 1.95 bits per heavy atom. The number of ether oxygens (including phenoxy) is 1. The van der Waals surface area contributed by atoms with Crippen LogP contribution in [0.4, 0.5) is 0 Å². The fraction of sp³-hybridized carbons (Fsp3) is 0.316. The van der Waals surface area contributed by atoms with Gasteiger partial charge in [-0.2, -0.15) is 0 Å². The minimum Gasteiger partial charge on any atom is -0.372 e. The van der Waals surface area contributed by atoms with Gasteiger partial charge in [0, 0.05) is 6.54 Å². The van der Waals surface area contributed by atoms with Gasteiger partial charge in [-0.15, -0.1) is 0 Å². The van der Waals surface area contributed by atoms with Crippen LogP contribution in [0.2, 0.25) is 0 Å². The van der Waals surface area contributed by atoms with Crippen LogP contribution in [-0.4, -0.2) is 37.5 Å². The molecule has 116 valence electrons. The highest BCUT2D eigenvalue weighted by Crippen LogP contribution is 2.27. The third-order valence-electron chi connectivity index (χ3n) is 3.57. The van der Waals surface area contributed by atoms with Crippen molar-refractivity contribution in [2.24, 2.45) is 0 Å². The molecular formula is C19H23NO2. The number of Topliss-reactive ketones (excluding diaryl/α,β-unsaturated/α-hetero) is 1. The normalized spacial score (nSPS) is 11.1. The van der Waals surface area contributed by atoms with Gasteiger partial charge in [-0.3, -0.25) is 9.69 Å². The first-order valence-corrected chi connectivity index (χ1v) is 7.56. The molecule has 0 N–H and O–H groups in total. The Bertz CT molecular complexity index is 529. The second kappa shape index (κ2) is 8.47. The second-order valence-corrected chi connectivity index (χ2v) is 5.46. The summed E-state index contributed by atoms with van der Waals surface area (Å²) in [5.74, 6) is 0.0605. The molecule has 0 amide bonds. The molecule has 0 spiro atoms. The van der Waals surface area contributed by atoms with Crippen molar-refractivity contribution in [2.75, 3.05) is 26.8 Å². The van der Waals surface area contributed by atoms with E-state index in [0.29, 0.717) is 6.61 Å². The second-order valence-electron chi connectivity index (χ2n) is 5.46. The van der Waals surface area contributed by atoms with E-state index in [4.69, 9.17) is 4.74 Å². The van der Waals surface area contributed by atoms with Crippen molar-refractivity contribution in [1.82, 2.24) is 4.90 Å². The van der Waals surface area contributed by atoms with Crippen LogP contribution in [0, 0.1) is 0 Å². The predicted molar refractivity (Wildman–Crippen MR) is 88.9 cm³/mol. The van der Waals surface area contributed by atoms with E-state index in [2.05, 4.69) is 60.5 Å². The SMILES string of the molecule is CC(=O)COCCN(C)C(c1ccccc1)c1ccccc1. The van der Waals surface area contributed by atoms with E-state index in [9.17, 15) is 4.79 Å². The zero-order valence-corrected chi connectivity index (χ0v) is 13.2. The molecule has 0 heterocycles. The topological polar surface area (TPSA) is 29.5 Å².